The van der Waals surface area contributed by atoms with Crippen LogP contribution in [0.1, 0.15) is 35.6 Å². The molecule has 0 radical (unpaired) electrons. The molecule has 0 aliphatic carbocycles. The Kier molecular flexibility index (Phi) is 7.14. The second-order valence-corrected chi connectivity index (χ2v) is 10.6. The van der Waals surface area contributed by atoms with Crippen molar-refractivity contribution < 1.29 is 27.1 Å². The Morgan fingerprint density at radius 2 is 1.89 bits per heavy atom. The molecule has 188 valence electrons. The summed E-state index contributed by atoms with van der Waals surface area (Å²) in [6, 6.07) is 5.73. The van der Waals surface area contributed by atoms with Crippen LogP contribution < -0.4 is 0 Å². The molecule has 0 unspecified atom stereocenters. The van der Waals surface area contributed by atoms with Crippen LogP contribution in [0.4, 0.5) is 17.6 Å². The van der Waals surface area contributed by atoms with Gasteiger partial charge in [0.05, 0.1) is 22.6 Å². The highest BCUT2D eigenvalue weighted by Crippen LogP contribution is 2.40. The van der Waals surface area contributed by atoms with Crippen molar-refractivity contribution in [3.63, 3.8) is 0 Å². The molecular formula is C23H19F4N5O2S2. The number of methoxy groups -OCH3 is 1. The predicted octanol–water partition coefficient (Wildman–Crippen LogP) is 6.21. The number of carbonyl (C=O) groups is 1. The van der Waals surface area contributed by atoms with Gasteiger partial charge in [-0.25, -0.2) is 24.1 Å². The van der Waals surface area contributed by atoms with E-state index in [4.69, 9.17) is 4.74 Å². The Morgan fingerprint density at radius 3 is 2.47 bits per heavy atom. The summed E-state index contributed by atoms with van der Waals surface area (Å²) in [6.07, 6.45) is -3.17. The fourth-order valence-electron chi connectivity index (χ4n) is 3.36. The normalized spacial score (nSPS) is 11.8. The highest BCUT2D eigenvalue weighted by molar-refractivity contribution is 8.01. The quantitative estimate of drug-likeness (QED) is 0.164. The molecule has 7 nitrogen and oxygen atoms in total. The van der Waals surface area contributed by atoms with Crippen LogP contribution >= 0.6 is 23.1 Å². The summed E-state index contributed by atoms with van der Waals surface area (Å²) in [6.45, 7) is 5.56. The van der Waals surface area contributed by atoms with Gasteiger partial charge in [0.1, 0.15) is 11.5 Å². The van der Waals surface area contributed by atoms with Crippen LogP contribution in [-0.4, -0.2) is 43.1 Å². The van der Waals surface area contributed by atoms with E-state index >= 15 is 0 Å². The van der Waals surface area contributed by atoms with E-state index in [-0.39, 0.29) is 27.6 Å². The molecule has 0 aliphatic rings. The third kappa shape index (κ3) is 5.12. The van der Waals surface area contributed by atoms with E-state index in [9.17, 15) is 22.4 Å². The summed E-state index contributed by atoms with van der Waals surface area (Å²) >= 11 is 2.60. The topological polar surface area (TPSA) is 82.8 Å². The number of hydrogen-bond donors (Lipinski definition) is 0. The molecule has 0 bridgehead atoms. The van der Waals surface area contributed by atoms with Crippen molar-refractivity contribution >= 4 is 29.1 Å². The van der Waals surface area contributed by atoms with Crippen LogP contribution in [0.3, 0.4) is 0 Å². The lowest BCUT2D eigenvalue weighted by molar-refractivity contribution is -0.138. The van der Waals surface area contributed by atoms with Gasteiger partial charge in [-0.2, -0.15) is 23.0 Å². The van der Waals surface area contributed by atoms with E-state index in [2.05, 4.69) is 20.1 Å². The maximum absolute atomic E-state index is 14.0. The second-order valence-electron chi connectivity index (χ2n) is 7.81. The van der Waals surface area contributed by atoms with E-state index < -0.39 is 23.5 Å². The highest BCUT2D eigenvalue weighted by Gasteiger charge is 2.32. The maximum atomic E-state index is 14.0. The number of rotatable bonds is 6. The van der Waals surface area contributed by atoms with E-state index in [0.717, 1.165) is 0 Å². The van der Waals surface area contributed by atoms with Crippen LogP contribution in [-0.2, 0) is 10.9 Å². The summed E-state index contributed by atoms with van der Waals surface area (Å²) < 4.78 is 59.8. The molecule has 0 aliphatic heterocycles. The monoisotopic (exact) mass is 537 g/mol. The largest absolute Gasteiger partial charge is 0.464 e. The molecule has 0 amide bonds. The second kappa shape index (κ2) is 9.97. The van der Waals surface area contributed by atoms with Gasteiger partial charge in [0.2, 0.25) is 5.13 Å². The summed E-state index contributed by atoms with van der Waals surface area (Å²) in [4.78, 5) is 25.1. The minimum absolute atomic E-state index is 0.00231. The van der Waals surface area contributed by atoms with Gasteiger partial charge in [0, 0.05) is 23.2 Å². The molecule has 0 saturated heterocycles. The number of aromatic nitrogens is 5. The van der Waals surface area contributed by atoms with Gasteiger partial charge in [-0.1, -0.05) is 37.3 Å². The molecule has 4 aromatic rings. The van der Waals surface area contributed by atoms with Crippen molar-refractivity contribution in [3.8, 4) is 27.8 Å². The van der Waals surface area contributed by atoms with E-state index in [1.54, 1.807) is 13.0 Å². The van der Waals surface area contributed by atoms with Gasteiger partial charge >= 0.3 is 12.1 Å². The first-order valence-electron chi connectivity index (χ1n) is 10.5. The number of hydrogen-bond acceptors (Lipinski definition) is 8. The molecule has 13 heteroatoms. The summed E-state index contributed by atoms with van der Waals surface area (Å²) in [5.41, 5.74) is 0.562. The van der Waals surface area contributed by atoms with Crippen LogP contribution in [0, 0.1) is 12.7 Å². The van der Waals surface area contributed by atoms with Crippen LogP contribution in [0.2, 0.25) is 0 Å². The third-order valence-corrected chi connectivity index (χ3v) is 7.10. The van der Waals surface area contributed by atoms with Gasteiger partial charge < -0.3 is 4.74 Å². The summed E-state index contributed by atoms with van der Waals surface area (Å²) in [5, 5.41) is 4.83. The molecule has 1 aromatic carbocycles. The highest BCUT2D eigenvalue weighted by atomic mass is 32.2. The molecule has 0 N–H and O–H groups in total. The number of nitrogens with zero attached hydrogens (tertiary/aromatic N) is 5. The average molecular weight is 538 g/mol. The lowest BCUT2D eigenvalue weighted by Gasteiger charge is -2.06. The smallest absolute Gasteiger partial charge is 0.419 e. The van der Waals surface area contributed by atoms with E-state index in [1.807, 2.05) is 13.8 Å². The molecule has 3 heterocycles. The average Bonchev–Trinajstić information content (AvgIpc) is 3.38. The Bertz CT molecular complexity index is 1420. The fraction of sp³-hybridized carbons (Fsp3) is 0.261. The molecule has 3 aromatic heterocycles. The van der Waals surface area contributed by atoms with Gasteiger partial charge in [-0.3, -0.25) is 0 Å². The van der Waals surface area contributed by atoms with Crippen molar-refractivity contribution in [2.75, 3.05) is 7.11 Å². The maximum Gasteiger partial charge on any atom is 0.419 e. The lowest BCUT2D eigenvalue weighted by Crippen LogP contribution is -2.11. The first kappa shape index (κ1) is 25.8. The van der Waals surface area contributed by atoms with E-state index in [0.29, 0.717) is 33.4 Å². The number of benzene rings is 1. The number of carbonyl (C=O) groups excluding carboxylic acids is 1. The third-order valence-electron chi connectivity index (χ3n) is 4.85. The van der Waals surface area contributed by atoms with Crippen molar-refractivity contribution in [2.45, 2.75) is 36.4 Å². The zero-order valence-electron chi connectivity index (χ0n) is 19.4. The number of aryl methyl sites for hydroxylation is 1. The van der Waals surface area contributed by atoms with Crippen LogP contribution in [0.25, 0.3) is 27.8 Å². The Morgan fingerprint density at radius 1 is 1.19 bits per heavy atom. The molecule has 4 rings (SSSR count). The van der Waals surface area contributed by atoms with Crippen molar-refractivity contribution in [1.82, 2.24) is 24.7 Å². The van der Waals surface area contributed by atoms with Crippen LogP contribution in [0.15, 0.2) is 40.9 Å². The summed E-state index contributed by atoms with van der Waals surface area (Å²) in [5.74, 6) is -1.19. The van der Waals surface area contributed by atoms with Crippen LogP contribution in [0.5, 0.6) is 0 Å². The van der Waals surface area contributed by atoms with E-state index in [1.165, 1.54) is 53.1 Å². The number of esters is 1. The number of alkyl halides is 3. The van der Waals surface area contributed by atoms with Gasteiger partial charge in [-0.15, -0.1) is 11.8 Å². The molecule has 36 heavy (non-hydrogen) atoms. The van der Waals surface area contributed by atoms with Crippen molar-refractivity contribution in [3.05, 3.63) is 59.4 Å². The first-order valence-corrected chi connectivity index (χ1v) is 12.2. The fourth-order valence-corrected chi connectivity index (χ4v) is 5.78. The first-order chi connectivity index (χ1) is 17.0. The zero-order valence-corrected chi connectivity index (χ0v) is 21.1. The number of thioether (sulfide) groups is 1. The predicted molar refractivity (Wildman–Crippen MR) is 128 cm³/mol. The molecule has 0 fully saturated rings. The zero-order chi connectivity index (χ0) is 26.2. The molecule has 0 saturated carbocycles. The molecular weight excluding hydrogens is 518 g/mol. The minimum Gasteiger partial charge on any atom is -0.464 e. The van der Waals surface area contributed by atoms with Gasteiger partial charge in [0.15, 0.2) is 11.5 Å². The number of ether oxygens (including phenoxy) is 1. The number of thiazole rings is 1. The SMILES string of the molecule is COC(=O)c1c(-c2cccc(F)c2)c(C)nn1-c1nc(-c2ncc(C(F)(F)F)cn2)c(SC(C)C)s1. The lowest BCUT2D eigenvalue weighted by atomic mass is 10.0. The molecule has 0 spiro atoms. The Hall–Kier alpha value is -3.32. The summed E-state index contributed by atoms with van der Waals surface area (Å²) in [7, 11) is 1.22. The van der Waals surface area contributed by atoms with Crippen molar-refractivity contribution in [1.29, 1.82) is 0 Å². The van der Waals surface area contributed by atoms with Crippen molar-refractivity contribution in [2.24, 2.45) is 0 Å². The van der Waals surface area contributed by atoms with Gasteiger partial charge in [-0.05, 0) is 24.6 Å². The Labute approximate surface area is 211 Å². The molecule has 0 atom stereocenters. The Balaban J connectivity index is 1.89. The number of halogens is 4. The standard InChI is InChI=1S/C23H19F4N5O2S2/c1-11(2)35-21-17(19-28-9-14(10-29-19)23(25,26)27)30-22(36-21)32-18(20(33)34-4)16(12(3)31-32)13-6-5-7-15(24)8-13/h5-11H,1-4H3. The minimum atomic E-state index is -4.57. The van der Waals surface area contributed by atoms with Gasteiger partial charge in [0.25, 0.3) is 0 Å².